The van der Waals surface area contributed by atoms with E-state index < -0.39 is 6.10 Å². The molecule has 0 radical (unpaired) electrons. The first-order valence-electron chi connectivity index (χ1n) is 6.99. The number of ether oxygens (including phenoxy) is 1. The summed E-state index contributed by atoms with van der Waals surface area (Å²) in [5, 5.41) is 13.1. The molecule has 1 aromatic rings. The van der Waals surface area contributed by atoms with Crippen molar-refractivity contribution in [1.82, 2.24) is 5.32 Å². The first-order chi connectivity index (χ1) is 9.16. The Bertz CT molecular complexity index is 440. The number of benzene rings is 1. The van der Waals surface area contributed by atoms with Crippen LogP contribution in [0, 0.1) is 0 Å². The zero-order valence-corrected chi connectivity index (χ0v) is 11.7. The first kappa shape index (κ1) is 14.1. The molecule has 2 N–H and O–H groups in total. The number of allylic oxidation sites excluding steroid dienone is 1. The van der Waals surface area contributed by atoms with Crippen LogP contribution in [-0.4, -0.2) is 30.4 Å². The Kier molecular flexibility index (Phi) is 5.00. The Balaban J connectivity index is 1.92. The number of nitrogens with one attached hydrogen (secondary N) is 1. The van der Waals surface area contributed by atoms with Crippen molar-refractivity contribution in [3.05, 3.63) is 35.4 Å². The zero-order chi connectivity index (χ0) is 13.7. The molecule has 0 bridgehead atoms. The highest BCUT2D eigenvalue weighted by molar-refractivity contribution is 5.63. The summed E-state index contributed by atoms with van der Waals surface area (Å²) in [6.07, 6.45) is 5.97. The summed E-state index contributed by atoms with van der Waals surface area (Å²) in [7, 11) is 0. The van der Waals surface area contributed by atoms with E-state index in [0.29, 0.717) is 19.2 Å². The molecule has 0 saturated heterocycles. The molecule has 3 heteroatoms. The number of hydrogen-bond acceptors (Lipinski definition) is 3. The monoisotopic (exact) mass is 261 g/mol. The molecule has 3 nitrogen and oxygen atoms in total. The van der Waals surface area contributed by atoms with E-state index in [9.17, 15) is 5.11 Å². The molecule has 1 atom stereocenters. The molecule has 104 valence electrons. The van der Waals surface area contributed by atoms with Crippen molar-refractivity contribution in [3.8, 4) is 5.75 Å². The van der Waals surface area contributed by atoms with Crippen molar-refractivity contribution in [2.45, 2.75) is 38.8 Å². The number of aliphatic hydroxyl groups is 1. The van der Waals surface area contributed by atoms with Gasteiger partial charge >= 0.3 is 0 Å². The van der Waals surface area contributed by atoms with E-state index in [1.54, 1.807) is 0 Å². The van der Waals surface area contributed by atoms with Crippen LogP contribution in [-0.2, 0) is 6.42 Å². The van der Waals surface area contributed by atoms with Gasteiger partial charge in [0.05, 0.1) is 0 Å². The highest BCUT2D eigenvalue weighted by atomic mass is 16.5. The summed E-state index contributed by atoms with van der Waals surface area (Å²) < 4.78 is 5.76. The van der Waals surface area contributed by atoms with Gasteiger partial charge in [0.1, 0.15) is 18.5 Å². The Morgan fingerprint density at radius 2 is 2.21 bits per heavy atom. The lowest BCUT2D eigenvalue weighted by atomic mass is 9.97. The van der Waals surface area contributed by atoms with Gasteiger partial charge in [0.2, 0.25) is 0 Å². The van der Waals surface area contributed by atoms with E-state index >= 15 is 0 Å². The van der Waals surface area contributed by atoms with Crippen LogP contribution < -0.4 is 10.1 Å². The standard InChI is InChI=1S/C16H23NO2/c1-12(2)17-10-14(18)11-19-16-9-5-7-13-6-3-4-8-15(13)16/h4-5,7-9,12,14,17-18H,3,6,10-11H2,1-2H3/t14-/m0/s1. The van der Waals surface area contributed by atoms with E-state index in [-0.39, 0.29) is 0 Å². The van der Waals surface area contributed by atoms with Crippen LogP contribution in [0.2, 0.25) is 0 Å². The van der Waals surface area contributed by atoms with Crippen LogP contribution in [0.1, 0.15) is 31.4 Å². The van der Waals surface area contributed by atoms with Gasteiger partial charge in [0, 0.05) is 18.2 Å². The molecule has 0 heterocycles. The number of hydrogen-bond donors (Lipinski definition) is 2. The van der Waals surface area contributed by atoms with Gasteiger partial charge in [-0.3, -0.25) is 0 Å². The molecule has 19 heavy (non-hydrogen) atoms. The third-order valence-electron chi connectivity index (χ3n) is 3.21. The molecule has 0 aromatic heterocycles. The molecule has 0 unspecified atom stereocenters. The second-order valence-electron chi connectivity index (χ2n) is 5.30. The van der Waals surface area contributed by atoms with E-state index in [0.717, 1.165) is 24.2 Å². The lowest BCUT2D eigenvalue weighted by molar-refractivity contribution is 0.104. The molecule has 0 fully saturated rings. The fourth-order valence-electron chi connectivity index (χ4n) is 2.18. The Morgan fingerprint density at radius 3 is 3.00 bits per heavy atom. The van der Waals surface area contributed by atoms with Crippen molar-refractivity contribution < 1.29 is 9.84 Å². The van der Waals surface area contributed by atoms with Crippen LogP contribution in [0.4, 0.5) is 0 Å². The molecule has 0 spiro atoms. The van der Waals surface area contributed by atoms with Crippen molar-refractivity contribution in [2.24, 2.45) is 0 Å². The quantitative estimate of drug-likeness (QED) is 0.826. The van der Waals surface area contributed by atoms with Crippen molar-refractivity contribution in [2.75, 3.05) is 13.2 Å². The zero-order valence-electron chi connectivity index (χ0n) is 11.7. The summed E-state index contributed by atoms with van der Waals surface area (Å²) >= 11 is 0. The molecular formula is C16H23NO2. The minimum absolute atomic E-state index is 0.323. The smallest absolute Gasteiger partial charge is 0.126 e. The van der Waals surface area contributed by atoms with E-state index in [1.165, 1.54) is 5.56 Å². The van der Waals surface area contributed by atoms with Gasteiger partial charge in [-0.05, 0) is 24.5 Å². The summed E-state index contributed by atoms with van der Waals surface area (Å²) in [6, 6.07) is 6.51. The second kappa shape index (κ2) is 6.73. The van der Waals surface area contributed by atoms with Crippen molar-refractivity contribution in [1.29, 1.82) is 0 Å². The number of aryl methyl sites for hydroxylation is 1. The third kappa shape index (κ3) is 4.08. The summed E-state index contributed by atoms with van der Waals surface area (Å²) in [4.78, 5) is 0. The van der Waals surface area contributed by atoms with Gasteiger partial charge < -0.3 is 15.2 Å². The lowest BCUT2D eigenvalue weighted by Gasteiger charge is -2.18. The average Bonchev–Trinajstić information content (AvgIpc) is 2.42. The summed E-state index contributed by atoms with van der Waals surface area (Å²) in [6.45, 7) is 5.00. The lowest BCUT2D eigenvalue weighted by Crippen LogP contribution is -2.35. The van der Waals surface area contributed by atoms with Crippen molar-refractivity contribution in [3.63, 3.8) is 0 Å². The molecule has 1 aliphatic carbocycles. The SMILES string of the molecule is CC(C)NC[C@H](O)COc1cccc2c1C=CCC2. The van der Waals surface area contributed by atoms with Gasteiger partial charge in [-0.15, -0.1) is 0 Å². The molecule has 0 aliphatic heterocycles. The van der Waals surface area contributed by atoms with Crippen LogP contribution in [0.5, 0.6) is 5.75 Å². The number of rotatable bonds is 6. The molecule has 2 rings (SSSR count). The second-order valence-corrected chi connectivity index (χ2v) is 5.30. The maximum atomic E-state index is 9.86. The van der Waals surface area contributed by atoms with E-state index in [4.69, 9.17) is 4.74 Å². The predicted octanol–water partition coefficient (Wildman–Crippen LogP) is 2.38. The fraction of sp³-hybridized carbons (Fsp3) is 0.500. The highest BCUT2D eigenvalue weighted by Crippen LogP contribution is 2.28. The summed E-state index contributed by atoms with van der Waals surface area (Å²) in [5.74, 6) is 0.872. The molecule has 0 saturated carbocycles. The van der Waals surface area contributed by atoms with E-state index in [1.807, 2.05) is 12.1 Å². The fourth-order valence-corrected chi connectivity index (χ4v) is 2.18. The van der Waals surface area contributed by atoms with Gasteiger partial charge in [-0.25, -0.2) is 0 Å². The average molecular weight is 261 g/mol. The maximum Gasteiger partial charge on any atom is 0.126 e. The minimum atomic E-state index is -0.481. The molecular weight excluding hydrogens is 238 g/mol. The van der Waals surface area contributed by atoms with Crippen LogP contribution in [0.25, 0.3) is 6.08 Å². The maximum absolute atomic E-state index is 9.86. The molecule has 1 aliphatic rings. The van der Waals surface area contributed by atoms with Gasteiger partial charge in [-0.1, -0.05) is 38.1 Å². The van der Waals surface area contributed by atoms with Crippen LogP contribution >= 0.6 is 0 Å². The number of aliphatic hydroxyl groups excluding tert-OH is 1. The molecule has 0 amide bonds. The largest absolute Gasteiger partial charge is 0.490 e. The minimum Gasteiger partial charge on any atom is -0.490 e. The highest BCUT2D eigenvalue weighted by Gasteiger charge is 2.11. The third-order valence-corrected chi connectivity index (χ3v) is 3.21. The van der Waals surface area contributed by atoms with Crippen molar-refractivity contribution >= 4 is 6.08 Å². The van der Waals surface area contributed by atoms with Gasteiger partial charge in [-0.2, -0.15) is 0 Å². The van der Waals surface area contributed by atoms with Crippen LogP contribution in [0.3, 0.4) is 0 Å². The Hall–Kier alpha value is -1.32. The Morgan fingerprint density at radius 1 is 1.37 bits per heavy atom. The van der Waals surface area contributed by atoms with Gasteiger partial charge in [0.25, 0.3) is 0 Å². The van der Waals surface area contributed by atoms with E-state index in [2.05, 4.69) is 37.4 Å². The predicted molar refractivity (Wildman–Crippen MR) is 78.4 cm³/mol. The topological polar surface area (TPSA) is 41.5 Å². The molecule has 1 aromatic carbocycles. The number of fused-ring (bicyclic) bond motifs is 1. The first-order valence-corrected chi connectivity index (χ1v) is 6.99. The van der Waals surface area contributed by atoms with Crippen LogP contribution in [0.15, 0.2) is 24.3 Å². The Labute approximate surface area is 115 Å². The summed E-state index contributed by atoms with van der Waals surface area (Å²) in [5.41, 5.74) is 2.49. The normalized spacial score (nSPS) is 15.4. The van der Waals surface area contributed by atoms with Gasteiger partial charge in [0.15, 0.2) is 0 Å².